The number of hydrogen-bond donors (Lipinski definition) is 0. The Morgan fingerprint density at radius 2 is 2.00 bits per heavy atom. The molecular formula is C16H12N2O2. The molecule has 0 amide bonds. The van der Waals surface area contributed by atoms with Gasteiger partial charge in [0, 0.05) is 24.0 Å². The van der Waals surface area contributed by atoms with E-state index < -0.39 is 5.97 Å². The minimum absolute atomic E-state index is 0.473. The zero-order chi connectivity index (χ0) is 13.9. The first-order valence-electron chi connectivity index (χ1n) is 6.15. The second-order valence-corrected chi connectivity index (χ2v) is 4.21. The van der Waals surface area contributed by atoms with E-state index in [0.717, 1.165) is 23.0 Å². The van der Waals surface area contributed by atoms with Gasteiger partial charge in [0.05, 0.1) is 5.69 Å². The first-order valence-corrected chi connectivity index (χ1v) is 6.15. The van der Waals surface area contributed by atoms with E-state index in [1.54, 1.807) is 6.07 Å². The summed E-state index contributed by atoms with van der Waals surface area (Å²) >= 11 is 0. The lowest BCUT2D eigenvalue weighted by Crippen LogP contribution is -2.04. The molecule has 2 aromatic heterocycles. The minimum atomic E-state index is -0.485. The van der Waals surface area contributed by atoms with Crippen molar-refractivity contribution in [3.8, 4) is 17.0 Å². The Labute approximate surface area is 116 Å². The predicted octanol–water partition coefficient (Wildman–Crippen LogP) is 3.09. The molecule has 0 N–H and O–H groups in total. The van der Waals surface area contributed by atoms with Crippen LogP contribution in [0.25, 0.3) is 16.9 Å². The van der Waals surface area contributed by atoms with Crippen LogP contribution in [-0.4, -0.2) is 15.4 Å². The number of imidazole rings is 1. The molecule has 20 heavy (non-hydrogen) atoms. The fourth-order valence-electron chi connectivity index (χ4n) is 1.98. The van der Waals surface area contributed by atoms with Crippen molar-refractivity contribution in [2.45, 2.75) is 0 Å². The maximum Gasteiger partial charge on any atom is 0.335 e. The number of nitrogens with zero attached hydrogens (tertiary/aromatic N) is 2. The number of carbonyl (C=O) groups is 1. The third-order valence-corrected chi connectivity index (χ3v) is 2.90. The zero-order valence-electron chi connectivity index (χ0n) is 10.7. The summed E-state index contributed by atoms with van der Waals surface area (Å²) in [5, 5.41) is 0. The van der Waals surface area contributed by atoms with Crippen molar-refractivity contribution in [3.05, 3.63) is 67.5 Å². The largest absolute Gasteiger partial charge is 0.423 e. The van der Waals surface area contributed by atoms with E-state index in [1.807, 2.05) is 53.2 Å². The van der Waals surface area contributed by atoms with E-state index in [-0.39, 0.29) is 0 Å². The van der Waals surface area contributed by atoms with Crippen LogP contribution in [0.4, 0.5) is 0 Å². The maximum absolute atomic E-state index is 11.4. The normalized spacial score (nSPS) is 10.4. The third-order valence-electron chi connectivity index (χ3n) is 2.90. The van der Waals surface area contributed by atoms with Gasteiger partial charge in [-0.1, -0.05) is 24.8 Å². The smallest absolute Gasteiger partial charge is 0.335 e. The standard InChI is InChI=1S/C16H12N2O2/c1-2-16(19)20-14-8-4-3-7-12(14)13-11-18-10-6-5-9-15(18)17-13/h2-11H,1H2. The number of rotatable bonds is 3. The number of carbonyl (C=O) groups excluding carboxylic acids is 1. The van der Waals surface area contributed by atoms with E-state index in [0.29, 0.717) is 5.75 Å². The van der Waals surface area contributed by atoms with Crippen molar-refractivity contribution in [1.29, 1.82) is 0 Å². The molecular weight excluding hydrogens is 252 g/mol. The van der Waals surface area contributed by atoms with Gasteiger partial charge in [0.15, 0.2) is 0 Å². The van der Waals surface area contributed by atoms with Crippen LogP contribution in [0.5, 0.6) is 5.75 Å². The molecule has 4 heteroatoms. The van der Waals surface area contributed by atoms with E-state index in [9.17, 15) is 4.79 Å². The Bertz CT molecular complexity index is 757. The average molecular weight is 264 g/mol. The number of pyridine rings is 1. The van der Waals surface area contributed by atoms with Gasteiger partial charge in [-0.2, -0.15) is 0 Å². The molecule has 0 aliphatic heterocycles. The van der Waals surface area contributed by atoms with Gasteiger partial charge in [0.2, 0.25) is 0 Å². The van der Waals surface area contributed by atoms with Crippen LogP contribution in [0, 0.1) is 0 Å². The summed E-state index contributed by atoms with van der Waals surface area (Å²) in [6.07, 6.45) is 4.96. The number of hydrogen-bond acceptors (Lipinski definition) is 3. The second kappa shape index (κ2) is 5.01. The molecule has 3 aromatic rings. The third kappa shape index (κ3) is 2.19. The molecule has 0 spiro atoms. The van der Waals surface area contributed by atoms with Gasteiger partial charge in [-0.25, -0.2) is 9.78 Å². The topological polar surface area (TPSA) is 43.6 Å². The molecule has 0 fully saturated rings. The van der Waals surface area contributed by atoms with Gasteiger partial charge in [-0.3, -0.25) is 0 Å². The fraction of sp³-hybridized carbons (Fsp3) is 0. The van der Waals surface area contributed by atoms with Gasteiger partial charge in [-0.05, 0) is 24.3 Å². The number of ether oxygens (including phenoxy) is 1. The summed E-state index contributed by atoms with van der Waals surface area (Å²) in [6, 6.07) is 13.1. The molecule has 2 heterocycles. The number of fused-ring (bicyclic) bond motifs is 1. The lowest BCUT2D eigenvalue weighted by molar-refractivity contribution is -0.128. The molecule has 1 aromatic carbocycles. The van der Waals surface area contributed by atoms with Crippen LogP contribution >= 0.6 is 0 Å². The van der Waals surface area contributed by atoms with Crippen LogP contribution in [0.3, 0.4) is 0 Å². The first kappa shape index (κ1) is 12.2. The Morgan fingerprint density at radius 3 is 2.80 bits per heavy atom. The van der Waals surface area contributed by atoms with Crippen molar-refractivity contribution >= 4 is 11.6 Å². The highest BCUT2D eigenvalue weighted by molar-refractivity contribution is 5.85. The Kier molecular flexibility index (Phi) is 3.05. The lowest BCUT2D eigenvalue weighted by Gasteiger charge is -2.06. The molecule has 0 unspecified atom stereocenters. The molecule has 0 saturated heterocycles. The van der Waals surface area contributed by atoms with E-state index >= 15 is 0 Å². The summed E-state index contributed by atoms with van der Waals surface area (Å²) in [6.45, 7) is 3.40. The maximum atomic E-state index is 11.4. The number of benzene rings is 1. The van der Waals surface area contributed by atoms with Crippen LogP contribution in [-0.2, 0) is 4.79 Å². The van der Waals surface area contributed by atoms with Crippen molar-refractivity contribution in [2.75, 3.05) is 0 Å². The number of para-hydroxylation sites is 1. The van der Waals surface area contributed by atoms with Crippen LogP contribution < -0.4 is 4.74 Å². The second-order valence-electron chi connectivity index (χ2n) is 4.21. The molecule has 0 aliphatic carbocycles. The fourth-order valence-corrected chi connectivity index (χ4v) is 1.98. The van der Waals surface area contributed by atoms with Gasteiger partial charge in [0.25, 0.3) is 0 Å². The zero-order valence-corrected chi connectivity index (χ0v) is 10.7. The summed E-state index contributed by atoms with van der Waals surface area (Å²) in [4.78, 5) is 15.9. The summed E-state index contributed by atoms with van der Waals surface area (Å²) in [7, 11) is 0. The number of aromatic nitrogens is 2. The van der Waals surface area contributed by atoms with Crippen LogP contribution in [0.1, 0.15) is 0 Å². The van der Waals surface area contributed by atoms with Gasteiger partial charge >= 0.3 is 5.97 Å². The summed E-state index contributed by atoms with van der Waals surface area (Å²) in [5.74, 6) is -0.0120. The van der Waals surface area contributed by atoms with Gasteiger partial charge in [0.1, 0.15) is 11.4 Å². The predicted molar refractivity (Wildman–Crippen MR) is 76.5 cm³/mol. The molecule has 4 nitrogen and oxygen atoms in total. The summed E-state index contributed by atoms with van der Waals surface area (Å²) < 4.78 is 7.16. The molecule has 3 rings (SSSR count). The highest BCUT2D eigenvalue weighted by Gasteiger charge is 2.11. The molecule has 98 valence electrons. The Hall–Kier alpha value is -2.88. The Balaban J connectivity index is 2.09. The minimum Gasteiger partial charge on any atom is -0.423 e. The monoisotopic (exact) mass is 264 g/mol. The van der Waals surface area contributed by atoms with Crippen molar-refractivity contribution in [1.82, 2.24) is 9.38 Å². The molecule has 0 aliphatic rings. The van der Waals surface area contributed by atoms with Crippen molar-refractivity contribution in [2.24, 2.45) is 0 Å². The van der Waals surface area contributed by atoms with E-state index in [2.05, 4.69) is 11.6 Å². The SMILES string of the molecule is C=CC(=O)Oc1ccccc1-c1cn2ccccc2n1. The van der Waals surface area contributed by atoms with Crippen LogP contribution in [0.15, 0.2) is 67.5 Å². The van der Waals surface area contributed by atoms with Crippen molar-refractivity contribution < 1.29 is 9.53 Å². The van der Waals surface area contributed by atoms with E-state index in [4.69, 9.17) is 4.74 Å². The molecule has 0 radical (unpaired) electrons. The number of esters is 1. The molecule has 0 saturated carbocycles. The highest BCUT2D eigenvalue weighted by atomic mass is 16.5. The van der Waals surface area contributed by atoms with E-state index in [1.165, 1.54) is 0 Å². The molecule has 0 atom stereocenters. The lowest BCUT2D eigenvalue weighted by atomic mass is 10.1. The van der Waals surface area contributed by atoms with Crippen LogP contribution in [0.2, 0.25) is 0 Å². The summed E-state index contributed by atoms with van der Waals surface area (Å²) in [5.41, 5.74) is 2.36. The Morgan fingerprint density at radius 1 is 1.20 bits per heavy atom. The average Bonchev–Trinajstić information content (AvgIpc) is 2.91. The quantitative estimate of drug-likeness (QED) is 0.415. The van der Waals surface area contributed by atoms with Gasteiger partial charge < -0.3 is 9.14 Å². The molecule has 0 bridgehead atoms. The first-order chi connectivity index (χ1) is 9.78. The highest BCUT2D eigenvalue weighted by Crippen LogP contribution is 2.29. The van der Waals surface area contributed by atoms with Crippen molar-refractivity contribution in [3.63, 3.8) is 0 Å². The van der Waals surface area contributed by atoms with Gasteiger partial charge in [-0.15, -0.1) is 0 Å².